The second-order valence-corrected chi connectivity index (χ2v) is 10.9. The molecule has 0 radical (unpaired) electrons. The summed E-state index contributed by atoms with van der Waals surface area (Å²) >= 11 is 0. The van der Waals surface area contributed by atoms with Crippen molar-refractivity contribution in [1.82, 2.24) is 10.2 Å². The van der Waals surface area contributed by atoms with Gasteiger partial charge in [-0.25, -0.2) is 4.39 Å². The fourth-order valence-corrected chi connectivity index (χ4v) is 5.89. The first-order valence-corrected chi connectivity index (χ1v) is 14.3. The number of carbonyl (C=O) groups is 2. The first kappa shape index (κ1) is 27.1. The maximum Gasteiger partial charge on any atom is 0.248 e. The summed E-state index contributed by atoms with van der Waals surface area (Å²) in [5.41, 5.74) is 10.2. The summed E-state index contributed by atoms with van der Waals surface area (Å²) in [7, 11) is 0. The van der Waals surface area contributed by atoms with Gasteiger partial charge in [-0.2, -0.15) is 0 Å². The summed E-state index contributed by atoms with van der Waals surface area (Å²) in [5.74, 6) is -0.409. The van der Waals surface area contributed by atoms with Gasteiger partial charge in [-0.15, -0.1) is 0 Å². The predicted molar refractivity (Wildman–Crippen MR) is 153 cm³/mol. The van der Waals surface area contributed by atoms with Crippen LogP contribution >= 0.6 is 0 Å². The number of nitrogens with one attached hydrogen (secondary N) is 1. The number of nitrogens with two attached hydrogens (primary N) is 1. The van der Waals surface area contributed by atoms with Gasteiger partial charge < -0.3 is 16.0 Å². The highest BCUT2D eigenvalue weighted by Gasteiger charge is 2.37. The summed E-state index contributed by atoms with van der Waals surface area (Å²) in [6.45, 7) is 2.46. The van der Waals surface area contributed by atoms with E-state index in [1.54, 1.807) is 6.07 Å². The Labute approximate surface area is 230 Å². The lowest BCUT2D eigenvalue weighted by molar-refractivity contribution is -0.133. The van der Waals surface area contributed by atoms with Crippen molar-refractivity contribution in [3.8, 4) is 11.1 Å². The lowest BCUT2D eigenvalue weighted by Crippen LogP contribution is -2.39. The number of likely N-dealkylation sites (tertiary alicyclic amines) is 1. The number of primary amides is 1. The van der Waals surface area contributed by atoms with Crippen LogP contribution in [0.1, 0.15) is 78.3 Å². The van der Waals surface area contributed by atoms with Crippen LogP contribution in [0.25, 0.3) is 11.1 Å². The van der Waals surface area contributed by atoms with Crippen LogP contribution in [0.3, 0.4) is 0 Å². The number of halogens is 1. The van der Waals surface area contributed by atoms with Gasteiger partial charge in [-0.05, 0) is 91.6 Å². The molecule has 1 heterocycles. The topological polar surface area (TPSA) is 75.4 Å². The molecule has 3 atom stereocenters. The second kappa shape index (κ2) is 12.6. The Morgan fingerprint density at radius 2 is 1.69 bits per heavy atom. The van der Waals surface area contributed by atoms with Crippen LogP contribution in [-0.2, 0) is 4.79 Å². The molecular weight excluding hydrogens is 489 g/mol. The third-order valence-electron chi connectivity index (χ3n) is 8.18. The number of piperidine rings is 1. The number of amides is 2. The maximum absolute atomic E-state index is 13.9. The molecule has 0 unspecified atom stereocenters. The smallest absolute Gasteiger partial charge is 0.248 e. The van der Waals surface area contributed by atoms with E-state index in [1.807, 2.05) is 59.5 Å². The first-order valence-electron chi connectivity index (χ1n) is 14.3. The minimum Gasteiger partial charge on any atom is -0.366 e. The zero-order chi connectivity index (χ0) is 27.2. The normalized spacial score (nSPS) is 19.5. The lowest BCUT2D eigenvalue weighted by Gasteiger charge is -2.31. The summed E-state index contributed by atoms with van der Waals surface area (Å²) in [6, 6.07) is 22.8. The van der Waals surface area contributed by atoms with Crippen molar-refractivity contribution >= 4 is 11.8 Å². The average molecular weight is 528 g/mol. The molecule has 0 bridgehead atoms. The second-order valence-electron chi connectivity index (χ2n) is 10.9. The van der Waals surface area contributed by atoms with Crippen LogP contribution in [0.15, 0.2) is 72.8 Å². The van der Waals surface area contributed by atoms with Gasteiger partial charge >= 0.3 is 0 Å². The number of benzene rings is 3. The van der Waals surface area contributed by atoms with E-state index in [4.69, 9.17) is 5.73 Å². The van der Waals surface area contributed by atoms with Crippen LogP contribution in [-0.4, -0.2) is 42.4 Å². The first-order chi connectivity index (χ1) is 19.0. The van der Waals surface area contributed by atoms with Gasteiger partial charge in [-0.1, -0.05) is 55.0 Å². The molecular formula is C33H38FN3O2. The van der Waals surface area contributed by atoms with Crippen LogP contribution < -0.4 is 11.1 Å². The Kier molecular flexibility index (Phi) is 8.72. The fourth-order valence-electron chi connectivity index (χ4n) is 5.89. The molecule has 5 nitrogen and oxygen atoms in total. The van der Waals surface area contributed by atoms with Gasteiger partial charge in [0.05, 0.1) is 5.92 Å². The number of hydrogen-bond donors (Lipinski definition) is 2. The highest BCUT2D eigenvalue weighted by atomic mass is 19.1. The lowest BCUT2D eigenvalue weighted by atomic mass is 9.84. The van der Waals surface area contributed by atoms with Crippen molar-refractivity contribution in [3.05, 3.63) is 95.3 Å². The van der Waals surface area contributed by atoms with E-state index in [-0.39, 0.29) is 17.6 Å². The van der Waals surface area contributed by atoms with E-state index >= 15 is 0 Å². The van der Waals surface area contributed by atoms with E-state index in [2.05, 4.69) is 5.32 Å². The molecule has 3 aromatic rings. The molecule has 1 aliphatic carbocycles. The van der Waals surface area contributed by atoms with Gasteiger partial charge in [0.25, 0.3) is 0 Å². The number of unbranched alkanes of at least 4 members (excludes halogenated alkanes) is 1. The molecule has 3 N–H and O–H groups in total. The highest BCUT2D eigenvalue weighted by Crippen LogP contribution is 2.41. The molecule has 3 aromatic carbocycles. The summed E-state index contributed by atoms with van der Waals surface area (Å²) in [4.78, 5) is 28.1. The van der Waals surface area contributed by atoms with Crippen LogP contribution in [0.2, 0.25) is 0 Å². The summed E-state index contributed by atoms with van der Waals surface area (Å²) in [5, 5.41) is 3.64. The molecule has 5 rings (SSSR count). The molecule has 1 aliphatic heterocycles. The van der Waals surface area contributed by atoms with Crippen LogP contribution in [0.5, 0.6) is 0 Å². The number of carbonyl (C=O) groups excluding carboxylic acids is 2. The van der Waals surface area contributed by atoms with Gasteiger partial charge in [0, 0.05) is 30.6 Å². The van der Waals surface area contributed by atoms with E-state index in [1.165, 1.54) is 17.7 Å². The predicted octanol–water partition coefficient (Wildman–Crippen LogP) is 6.00. The van der Waals surface area contributed by atoms with E-state index in [0.29, 0.717) is 23.9 Å². The molecule has 1 saturated heterocycles. The van der Waals surface area contributed by atoms with E-state index in [0.717, 1.165) is 74.8 Å². The standard InChI is InChI=1S/C33H38FN3O2/c34-26-15-12-24(13-16-26)29-22-31(29)36-18-6-5-11-28(33(39)37-19-7-2-8-20-37)30-21-25(32(35)38)14-17-27(30)23-9-3-1-4-10-23/h1,3-4,9-10,12-17,21,28-29,31,36H,2,5-8,11,18-20,22H2,(H2,35,38)/t28-,29-,31+/m0/s1. The molecule has 2 aliphatic rings. The monoisotopic (exact) mass is 527 g/mol. The van der Waals surface area contributed by atoms with Gasteiger partial charge in [0.15, 0.2) is 0 Å². The molecule has 0 spiro atoms. The Bertz CT molecular complexity index is 1270. The Morgan fingerprint density at radius 1 is 0.949 bits per heavy atom. The number of hydrogen-bond acceptors (Lipinski definition) is 3. The van der Waals surface area contributed by atoms with Crippen LogP contribution in [0, 0.1) is 5.82 Å². The Balaban J connectivity index is 1.29. The van der Waals surface area contributed by atoms with Crippen molar-refractivity contribution in [2.45, 2.75) is 62.8 Å². The van der Waals surface area contributed by atoms with Crippen molar-refractivity contribution in [2.24, 2.45) is 5.73 Å². The molecule has 0 aromatic heterocycles. The van der Waals surface area contributed by atoms with Crippen LogP contribution in [0.4, 0.5) is 4.39 Å². The molecule has 2 amide bonds. The molecule has 39 heavy (non-hydrogen) atoms. The molecule has 6 heteroatoms. The van der Waals surface area contributed by atoms with Crippen molar-refractivity contribution < 1.29 is 14.0 Å². The fraction of sp³-hybridized carbons (Fsp3) is 0.394. The third-order valence-corrected chi connectivity index (χ3v) is 8.18. The van der Waals surface area contributed by atoms with E-state index in [9.17, 15) is 14.0 Å². The SMILES string of the molecule is NC(=O)c1ccc(-c2ccccc2)c([C@H](CCCCN[C@@H]2C[C@H]2c2ccc(F)cc2)C(=O)N2CCCCC2)c1. The maximum atomic E-state index is 13.9. The van der Waals surface area contributed by atoms with Crippen molar-refractivity contribution in [2.75, 3.05) is 19.6 Å². The third kappa shape index (κ3) is 6.74. The van der Waals surface area contributed by atoms with Gasteiger partial charge in [0.2, 0.25) is 11.8 Å². The Hall–Kier alpha value is -3.51. The van der Waals surface area contributed by atoms with Crippen molar-refractivity contribution in [3.63, 3.8) is 0 Å². The average Bonchev–Trinajstić information content (AvgIpc) is 3.75. The summed E-state index contributed by atoms with van der Waals surface area (Å²) in [6.07, 6.45) is 6.85. The molecule has 1 saturated carbocycles. The number of nitrogens with zero attached hydrogens (tertiary/aromatic N) is 1. The summed E-state index contributed by atoms with van der Waals surface area (Å²) < 4.78 is 13.2. The van der Waals surface area contributed by atoms with Gasteiger partial charge in [-0.3, -0.25) is 9.59 Å². The quantitative estimate of drug-likeness (QED) is 0.300. The van der Waals surface area contributed by atoms with Gasteiger partial charge in [0.1, 0.15) is 5.82 Å². The van der Waals surface area contributed by atoms with E-state index < -0.39 is 5.91 Å². The zero-order valence-corrected chi connectivity index (χ0v) is 22.5. The molecule has 204 valence electrons. The molecule has 2 fully saturated rings. The zero-order valence-electron chi connectivity index (χ0n) is 22.5. The highest BCUT2D eigenvalue weighted by molar-refractivity contribution is 5.95. The Morgan fingerprint density at radius 3 is 2.41 bits per heavy atom. The largest absolute Gasteiger partial charge is 0.366 e. The minimum atomic E-state index is -0.482. The number of rotatable bonds is 11. The van der Waals surface area contributed by atoms with Crippen molar-refractivity contribution in [1.29, 1.82) is 0 Å². The minimum absolute atomic E-state index is 0.153.